The van der Waals surface area contributed by atoms with E-state index in [0.717, 1.165) is 45.0 Å². The van der Waals surface area contributed by atoms with Crippen molar-refractivity contribution in [3.05, 3.63) is 54.6 Å². The topological polar surface area (TPSA) is 35.5 Å². The first-order valence-corrected chi connectivity index (χ1v) is 8.77. The highest BCUT2D eigenvalue weighted by Crippen LogP contribution is 2.15. The van der Waals surface area contributed by atoms with Gasteiger partial charge in [-0.2, -0.15) is 0 Å². The van der Waals surface area contributed by atoms with Crippen LogP contribution >= 0.6 is 0 Å². The molecule has 1 saturated heterocycles. The first-order chi connectivity index (χ1) is 11.8. The van der Waals surface area contributed by atoms with Gasteiger partial charge in [-0.15, -0.1) is 0 Å². The van der Waals surface area contributed by atoms with Gasteiger partial charge in [0, 0.05) is 57.0 Å². The van der Waals surface area contributed by atoms with Crippen molar-refractivity contribution >= 4 is 5.69 Å². The van der Waals surface area contributed by atoms with Gasteiger partial charge in [-0.05, 0) is 38.7 Å². The third kappa shape index (κ3) is 5.01. The second kappa shape index (κ2) is 8.76. The van der Waals surface area contributed by atoms with Crippen LogP contribution in [0.2, 0.25) is 0 Å². The predicted octanol–water partition coefficient (Wildman–Crippen LogP) is 2.12. The first kappa shape index (κ1) is 16.9. The third-order valence-electron chi connectivity index (χ3n) is 4.56. The number of aromatic nitrogens is 2. The molecule has 2 aromatic rings. The van der Waals surface area contributed by atoms with Crippen molar-refractivity contribution in [2.75, 3.05) is 51.2 Å². The van der Waals surface area contributed by atoms with Crippen LogP contribution in [-0.4, -0.2) is 66.1 Å². The third-order valence-corrected chi connectivity index (χ3v) is 4.56. The molecule has 0 N–H and O–H groups in total. The molecule has 1 aliphatic heterocycles. The predicted molar refractivity (Wildman–Crippen MR) is 98.1 cm³/mol. The van der Waals surface area contributed by atoms with Crippen molar-refractivity contribution < 1.29 is 0 Å². The number of nitrogens with zero attached hydrogens (tertiary/aromatic N) is 5. The molecule has 0 atom stereocenters. The molecule has 0 aliphatic carbocycles. The van der Waals surface area contributed by atoms with Crippen LogP contribution in [0, 0.1) is 0 Å². The molecule has 5 nitrogen and oxygen atoms in total. The fourth-order valence-electron chi connectivity index (χ4n) is 3.20. The highest BCUT2D eigenvalue weighted by molar-refractivity contribution is 5.46. The number of hydrogen-bond acceptors (Lipinski definition) is 5. The summed E-state index contributed by atoms with van der Waals surface area (Å²) in [4.78, 5) is 15.8. The van der Waals surface area contributed by atoms with E-state index in [1.54, 1.807) is 12.4 Å². The zero-order valence-corrected chi connectivity index (χ0v) is 14.5. The van der Waals surface area contributed by atoms with Crippen molar-refractivity contribution in [3.8, 4) is 0 Å². The second-order valence-corrected chi connectivity index (χ2v) is 6.45. The molecule has 1 aliphatic rings. The van der Waals surface area contributed by atoms with Crippen LogP contribution in [0.15, 0.2) is 48.9 Å². The molecule has 0 unspecified atom stereocenters. The summed E-state index contributed by atoms with van der Waals surface area (Å²) in [6.07, 6.45) is 6.52. The molecule has 0 spiro atoms. The number of rotatable bonds is 7. The van der Waals surface area contributed by atoms with Crippen molar-refractivity contribution in [1.82, 2.24) is 19.8 Å². The number of para-hydroxylation sites is 1. The smallest absolute Gasteiger partial charge is 0.0726 e. The SMILES string of the molecule is CN(CCCN1CCN(c2ccccc2)CC1)Cc1cnccn1. The van der Waals surface area contributed by atoms with Gasteiger partial charge in [0.25, 0.3) is 0 Å². The lowest BCUT2D eigenvalue weighted by Crippen LogP contribution is -2.47. The van der Waals surface area contributed by atoms with Crippen LogP contribution in [0.4, 0.5) is 5.69 Å². The Balaban J connectivity index is 1.33. The van der Waals surface area contributed by atoms with Crippen LogP contribution in [0.1, 0.15) is 12.1 Å². The number of piperazine rings is 1. The molecule has 0 saturated carbocycles. The molecular weight excluding hydrogens is 298 g/mol. The van der Waals surface area contributed by atoms with E-state index in [1.807, 2.05) is 6.20 Å². The summed E-state index contributed by atoms with van der Waals surface area (Å²) in [6, 6.07) is 10.7. The molecule has 0 radical (unpaired) electrons. The Hall–Kier alpha value is -1.98. The molecule has 1 fully saturated rings. The summed E-state index contributed by atoms with van der Waals surface area (Å²) >= 11 is 0. The number of benzene rings is 1. The normalized spacial score (nSPS) is 15.8. The Labute approximate surface area is 144 Å². The molecule has 0 amide bonds. The zero-order valence-electron chi connectivity index (χ0n) is 14.5. The fraction of sp³-hybridized carbons (Fsp3) is 0.474. The maximum absolute atomic E-state index is 4.33. The van der Waals surface area contributed by atoms with Crippen LogP contribution < -0.4 is 4.90 Å². The van der Waals surface area contributed by atoms with Gasteiger partial charge in [0.1, 0.15) is 0 Å². The van der Waals surface area contributed by atoms with E-state index in [-0.39, 0.29) is 0 Å². The van der Waals surface area contributed by atoms with Crippen molar-refractivity contribution in [3.63, 3.8) is 0 Å². The Morgan fingerprint density at radius 2 is 1.83 bits per heavy atom. The molecule has 2 heterocycles. The maximum Gasteiger partial charge on any atom is 0.0726 e. The lowest BCUT2D eigenvalue weighted by Gasteiger charge is -2.36. The largest absolute Gasteiger partial charge is 0.369 e. The van der Waals surface area contributed by atoms with Crippen molar-refractivity contribution in [2.45, 2.75) is 13.0 Å². The molecule has 24 heavy (non-hydrogen) atoms. The molecule has 128 valence electrons. The lowest BCUT2D eigenvalue weighted by atomic mass is 10.2. The van der Waals surface area contributed by atoms with E-state index in [1.165, 1.54) is 18.7 Å². The van der Waals surface area contributed by atoms with E-state index in [9.17, 15) is 0 Å². The molecule has 1 aromatic carbocycles. The summed E-state index contributed by atoms with van der Waals surface area (Å²) < 4.78 is 0. The summed E-state index contributed by atoms with van der Waals surface area (Å²) in [5.74, 6) is 0. The van der Waals surface area contributed by atoms with Crippen LogP contribution in [0.25, 0.3) is 0 Å². The van der Waals surface area contributed by atoms with Crippen molar-refractivity contribution in [2.24, 2.45) is 0 Å². The van der Waals surface area contributed by atoms with Gasteiger partial charge in [-0.25, -0.2) is 0 Å². The summed E-state index contributed by atoms with van der Waals surface area (Å²) in [5.41, 5.74) is 2.39. The van der Waals surface area contributed by atoms with Crippen LogP contribution in [0.5, 0.6) is 0 Å². The lowest BCUT2D eigenvalue weighted by molar-refractivity contribution is 0.231. The van der Waals surface area contributed by atoms with Gasteiger partial charge >= 0.3 is 0 Å². The second-order valence-electron chi connectivity index (χ2n) is 6.45. The Morgan fingerprint density at radius 1 is 1.04 bits per heavy atom. The van der Waals surface area contributed by atoms with Crippen molar-refractivity contribution in [1.29, 1.82) is 0 Å². The number of anilines is 1. The Bertz CT molecular complexity index is 581. The summed E-state index contributed by atoms with van der Waals surface area (Å²) in [7, 11) is 2.15. The highest BCUT2D eigenvalue weighted by Gasteiger charge is 2.16. The van der Waals surface area contributed by atoms with E-state index in [0.29, 0.717) is 0 Å². The Kier molecular flexibility index (Phi) is 6.15. The van der Waals surface area contributed by atoms with E-state index in [4.69, 9.17) is 0 Å². The standard InChI is InChI=1S/C19H27N5/c1-22(17-18-16-20-8-9-21-18)10-5-11-23-12-14-24(15-13-23)19-6-3-2-4-7-19/h2-4,6-9,16H,5,10-15,17H2,1H3. The Morgan fingerprint density at radius 3 is 2.54 bits per heavy atom. The minimum Gasteiger partial charge on any atom is -0.369 e. The van der Waals surface area contributed by atoms with Crippen LogP contribution in [-0.2, 0) is 6.54 Å². The number of hydrogen-bond donors (Lipinski definition) is 0. The van der Waals surface area contributed by atoms with Gasteiger partial charge in [0.15, 0.2) is 0 Å². The minimum absolute atomic E-state index is 0.871. The quantitative estimate of drug-likeness (QED) is 0.779. The molecule has 1 aromatic heterocycles. The van der Waals surface area contributed by atoms with Gasteiger partial charge in [0.05, 0.1) is 5.69 Å². The average Bonchev–Trinajstić information content (AvgIpc) is 2.64. The summed E-state index contributed by atoms with van der Waals surface area (Å²) in [6.45, 7) is 7.70. The first-order valence-electron chi connectivity index (χ1n) is 8.77. The molecule has 3 rings (SSSR count). The van der Waals surface area contributed by atoms with E-state index < -0.39 is 0 Å². The average molecular weight is 325 g/mol. The fourth-order valence-corrected chi connectivity index (χ4v) is 3.20. The zero-order chi connectivity index (χ0) is 16.6. The van der Waals surface area contributed by atoms with Gasteiger partial charge < -0.3 is 9.80 Å². The maximum atomic E-state index is 4.33. The highest BCUT2D eigenvalue weighted by atomic mass is 15.3. The molecule has 5 heteroatoms. The summed E-state index contributed by atoms with van der Waals surface area (Å²) in [5, 5.41) is 0. The van der Waals surface area contributed by atoms with E-state index >= 15 is 0 Å². The van der Waals surface area contributed by atoms with Gasteiger partial charge in [0.2, 0.25) is 0 Å². The van der Waals surface area contributed by atoms with Gasteiger partial charge in [-0.1, -0.05) is 18.2 Å². The van der Waals surface area contributed by atoms with E-state index in [2.05, 4.69) is 62.0 Å². The van der Waals surface area contributed by atoms with Crippen LogP contribution in [0.3, 0.4) is 0 Å². The molecule has 0 bridgehead atoms. The monoisotopic (exact) mass is 325 g/mol. The van der Waals surface area contributed by atoms with Gasteiger partial charge in [-0.3, -0.25) is 14.9 Å². The minimum atomic E-state index is 0.871. The molecular formula is C19H27N5.